The normalized spacial score (nSPS) is 12.9. The van der Waals surface area contributed by atoms with E-state index in [9.17, 15) is 13.6 Å². The van der Waals surface area contributed by atoms with E-state index in [0.717, 1.165) is 11.1 Å². The number of alkyl halides is 2. The summed E-state index contributed by atoms with van der Waals surface area (Å²) in [7, 11) is 3.12. The van der Waals surface area contributed by atoms with Crippen molar-refractivity contribution in [2.45, 2.75) is 39.1 Å². The summed E-state index contributed by atoms with van der Waals surface area (Å²) >= 11 is 0. The zero-order valence-corrected chi connectivity index (χ0v) is 16.9. The maximum absolute atomic E-state index is 12.4. The summed E-state index contributed by atoms with van der Waals surface area (Å²) in [6, 6.07) is 11.1. The zero-order valence-electron chi connectivity index (χ0n) is 16.9. The lowest BCUT2D eigenvalue weighted by Crippen LogP contribution is -2.42. The van der Waals surface area contributed by atoms with E-state index in [1.165, 1.54) is 12.1 Å². The molecule has 8 heteroatoms. The van der Waals surface area contributed by atoms with Crippen LogP contribution in [0.3, 0.4) is 0 Å². The van der Waals surface area contributed by atoms with E-state index in [-0.39, 0.29) is 17.7 Å². The summed E-state index contributed by atoms with van der Waals surface area (Å²) in [5.74, 6) is 1.15. The monoisotopic (exact) mass is 408 g/mol. The van der Waals surface area contributed by atoms with Crippen molar-refractivity contribution in [2.75, 3.05) is 14.2 Å². The van der Waals surface area contributed by atoms with E-state index in [2.05, 4.69) is 15.4 Å². The zero-order chi connectivity index (χ0) is 21.4. The second kappa shape index (κ2) is 10.6. The highest BCUT2D eigenvalue weighted by atomic mass is 19.3. The van der Waals surface area contributed by atoms with Crippen molar-refractivity contribution >= 4 is 5.91 Å². The Hall–Kier alpha value is -2.87. The molecular formula is C21H26F2N2O4. The number of methoxy groups -OCH3 is 2. The molecule has 0 aliphatic heterocycles. The number of ether oxygens (including phenoxy) is 3. The van der Waals surface area contributed by atoms with Crippen LogP contribution in [0.25, 0.3) is 0 Å². The molecule has 29 heavy (non-hydrogen) atoms. The van der Waals surface area contributed by atoms with E-state index in [0.29, 0.717) is 18.0 Å². The lowest BCUT2D eigenvalue weighted by molar-refractivity contribution is -0.123. The first kappa shape index (κ1) is 22.4. The Balaban J connectivity index is 1.88. The molecule has 0 heterocycles. The molecule has 0 aromatic heterocycles. The Morgan fingerprint density at radius 3 is 2.24 bits per heavy atom. The predicted molar refractivity (Wildman–Crippen MR) is 105 cm³/mol. The third kappa shape index (κ3) is 6.60. The summed E-state index contributed by atoms with van der Waals surface area (Å²) in [5.41, 5.74) is 1.73. The molecule has 2 N–H and O–H groups in total. The third-order valence-electron chi connectivity index (χ3n) is 4.41. The van der Waals surface area contributed by atoms with Crippen molar-refractivity contribution in [1.29, 1.82) is 0 Å². The van der Waals surface area contributed by atoms with Crippen LogP contribution in [0.2, 0.25) is 0 Å². The summed E-state index contributed by atoms with van der Waals surface area (Å²) in [6.07, 6.45) is 0. The lowest BCUT2D eigenvalue weighted by atomic mass is 10.1. The molecule has 158 valence electrons. The van der Waals surface area contributed by atoms with E-state index in [1.807, 2.05) is 19.1 Å². The molecule has 0 aliphatic rings. The average Bonchev–Trinajstić information content (AvgIpc) is 2.71. The Bertz CT molecular complexity index is 800. The van der Waals surface area contributed by atoms with Gasteiger partial charge in [-0.25, -0.2) is 0 Å². The largest absolute Gasteiger partial charge is 0.493 e. The Labute approximate surface area is 169 Å². The first-order valence-electron chi connectivity index (χ1n) is 9.13. The minimum atomic E-state index is -2.86. The van der Waals surface area contributed by atoms with Gasteiger partial charge in [0.1, 0.15) is 5.75 Å². The molecule has 2 atom stereocenters. The third-order valence-corrected chi connectivity index (χ3v) is 4.41. The van der Waals surface area contributed by atoms with Gasteiger partial charge in [0.05, 0.1) is 20.3 Å². The standard InChI is InChI=1S/C21H26F2N2O4/c1-13(16-6-8-17(9-7-16)29-21(22)23)25-14(2)20(26)24-12-15-5-10-18(27-3)19(11-15)28-4/h5-11,13-14,21,25H,12H2,1-4H3,(H,24,26). The van der Waals surface area contributed by atoms with Gasteiger partial charge >= 0.3 is 6.61 Å². The van der Waals surface area contributed by atoms with Crippen molar-refractivity contribution in [3.63, 3.8) is 0 Å². The van der Waals surface area contributed by atoms with Crippen molar-refractivity contribution in [3.05, 3.63) is 53.6 Å². The minimum Gasteiger partial charge on any atom is -0.493 e. The number of carbonyl (C=O) groups excluding carboxylic acids is 1. The van der Waals surface area contributed by atoms with E-state index in [1.54, 1.807) is 39.3 Å². The fourth-order valence-corrected chi connectivity index (χ4v) is 2.82. The number of carbonyl (C=O) groups is 1. The van der Waals surface area contributed by atoms with Crippen LogP contribution in [0, 0.1) is 0 Å². The van der Waals surface area contributed by atoms with Crippen LogP contribution < -0.4 is 24.8 Å². The molecule has 0 spiro atoms. The highest BCUT2D eigenvalue weighted by Gasteiger charge is 2.17. The number of hydrogen-bond donors (Lipinski definition) is 2. The van der Waals surface area contributed by atoms with Gasteiger partial charge in [0.2, 0.25) is 5.91 Å². The van der Waals surface area contributed by atoms with Crippen LogP contribution in [0.15, 0.2) is 42.5 Å². The second-order valence-electron chi connectivity index (χ2n) is 6.46. The van der Waals surface area contributed by atoms with Crippen molar-refractivity contribution < 1.29 is 27.8 Å². The van der Waals surface area contributed by atoms with E-state index < -0.39 is 12.7 Å². The molecular weight excluding hydrogens is 382 g/mol. The molecule has 2 unspecified atom stereocenters. The van der Waals surface area contributed by atoms with Gasteiger partial charge in [0.25, 0.3) is 0 Å². The van der Waals surface area contributed by atoms with E-state index in [4.69, 9.17) is 9.47 Å². The van der Waals surface area contributed by atoms with Gasteiger partial charge in [-0.15, -0.1) is 0 Å². The summed E-state index contributed by atoms with van der Waals surface area (Å²) in [5, 5.41) is 6.06. The maximum Gasteiger partial charge on any atom is 0.387 e. The highest BCUT2D eigenvalue weighted by molar-refractivity contribution is 5.81. The van der Waals surface area contributed by atoms with Crippen molar-refractivity contribution in [3.8, 4) is 17.2 Å². The summed E-state index contributed by atoms with van der Waals surface area (Å²) < 4.78 is 39.2. The number of benzene rings is 2. The van der Waals surface area contributed by atoms with Gasteiger partial charge in [-0.3, -0.25) is 10.1 Å². The molecule has 2 aromatic carbocycles. The van der Waals surface area contributed by atoms with Crippen molar-refractivity contribution in [2.24, 2.45) is 0 Å². The SMILES string of the molecule is COc1ccc(CNC(=O)C(C)NC(C)c2ccc(OC(F)F)cc2)cc1OC. The van der Waals surface area contributed by atoms with Crippen LogP contribution >= 0.6 is 0 Å². The highest BCUT2D eigenvalue weighted by Crippen LogP contribution is 2.27. The summed E-state index contributed by atoms with van der Waals surface area (Å²) in [6.45, 7) is 1.14. The molecule has 1 amide bonds. The first-order valence-corrected chi connectivity index (χ1v) is 9.13. The Morgan fingerprint density at radius 1 is 1.00 bits per heavy atom. The fraction of sp³-hybridized carbons (Fsp3) is 0.381. The first-order chi connectivity index (χ1) is 13.8. The van der Waals surface area contributed by atoms with Crippen LogP contribution in [0.1, 0.15) is 31.0 Å². The summed E-state index contributed by atoms with van der Waals surface area (Å²) in [4.78, 5) is 12.4. The average molecular weight is 408 g/mol. The topological polar surface area (TPSA) is 68.8 Å². The Morgan fingerprint density at radius 2 is 1.66 bits per heavy atom. The van der Waals surface area contributed by atoms with Gasteiger partial charge < -0.3 is 19.5 Å². The number of halogens is 2. The molecule has 0 fully saturated rings. The van der Waals surface area contributed by atoms with E-state index >= 15 is 0 Å². The molecule has 2 aromatic rings. The predicted octanol–water partition coefficient (Wildman–Crippen LogP) is 3.66. The molecule has 2 rings (SSSR count). The van der Waals surface area contributed by atoms with Gasteiger partial charge in [-0.05, 0) is 49.2 Å². The van der Waals surface area contributed by atoms with Gasteiger partial charge in [0, 0.05) is 12.6 Å². The number of amides is 1. The smallest absolute Gasteiger partial charge is 0.387 e. The van der Waals surface area contributed by atoms with Crippen LogP contribution in [0.4, 0.5) is 8.78 Å². The minimum absolute atomic E-state index is 0.0941. The van der Waals surface area contributed by atoms with Crippen LogP contribution in [-0.2, 0) is 11.3 Å². The molecule has 0 bridgehead atoms. The molecule has 0 saturated heterocycles. The fourth-order valence-electron chi connectivity index (χ4n) is 2.82. The molecule has 0 saturated carbocycles. The Kier molecular flexibility index (Phi) is 8.21. The van der Waals surface area contributed by atoms with Gasteiger partial charge in [-0.1, -0.05) is 18.2 Å². The maximum atomic E-state index is 12.4. The second-order valence-corrected chi connectivity index (χ2v) is 6.46. The molecule has 6 nitrogen and oxygen atoms in total. The van der Waals surface area contributed by atoms with Crippen LogP contribution in [-0.4, -0.2) is 32.8 Å². The quantitative estimate of drug-likeness (QED) is 0.628. The number of nitrogens with one attached hydrogen (secondary N) is 2. The number of rotatable bonds is 10. The number of hydrogen-bond acceptors (Lipinski definition) is 5. The van der Waals surface area contributed by atoms with Crippen LogP contribution in [0.5, 0.6) is 17.2 Å². The van der Waals surface area contributed by atoms with Gasteiger partial charge in [0.15, 0.2) is 11.5 Å². The van der Waals surface area contributed by atoms with Crippen molar-refractivity contribution in [1.82, 2.24) is 10.6 Å². The van der Waals surface area contributed by atoms with Gasteiger partial charge in [-0.2, -0.15) is 8.78 Å². The lowest BCUT2D eigenvalue weighted by Gasteiger charge is -2.20. The molecule has 0 aliphatic carbocycles. The molecule has 0 radical (unpaired) electrons.